The number of carbonyl (C=O) groups excluding carboxylic acids is 1. The lowest BCUT2D eigenvalue weighted by Crippen LogP contribution is -2.32. The first-order chi connectivity index (χ1) is 9.95. The average molecular weight is 298 g/mol. The highest BCUT2D eigenvalue weighted by molar-refractivity contribution is 5.93. The van der Waals surface area contributed by atoms with Gasteiger partial charge in [-0.25, -0.2) is 14.0 Å². The van der Waals surface area contributed by atoms with Crippen molar-refractivity contribution in [3.63, 3.8) is 0 Å². The Morgan fingerprint density at radius 3 is 2.62 bits per heavy atom. The molecule has 2 amide bonds. The summed E-state index contributed by atoms with van der Waals surface area (Å²) in [6, 6.07) is 2.98. The summed E-state index contributed by atoms with van der Waals surface area (Å²) in [5.74, 6) is -2.24. The fraction of sp³-hybridized carbons (Fsp3) is 0.429. The van der Waals surface area contributed by atoms with E-state index < -0.39 is 23.4 Å². The summed E-state index contributed by atoms with van der Waals surface area (Å²) in [4.78, 5) is 24.1. The first-order valence-electron chi connectivity index (χ1n) is 6.61. The van der Waals surface area contributed by atoms with Crippen molar-refractivity contribution in [2.24, 2.45) is 0 Å². The molecule has 0 saturated carbocycles. The number of aliphatic hydroxyl groups is 1. The largest absolute Gasteiger partial charge is 0.478 e. The maximum absolute atomic E-state index is 13.2. The molecule has 116 valence electrons. The van der Waals surface area contributed by atoms with E-state index in [0.29, 0.717) is 13.0 Å². The van der Waals surface area contributed by atoms with Crippen LogP contribution in [0, 0.1) is 5.82 Å². The molecule has 0 aliphatic carbocycles. The lowest BCUT2D eigenvalue weighted by atomic mass is 10.2. The highest BCUT2D eigenvalue weighted by atomic mass is 19.1. The second kappa shape index (κ2) is 8.21. The van der Waals surface area contributed by atoms with E-state index in [1.807, 2.05) is 0 Å². The number of hydrogen-bond donors (Lipinski definition) is 3. The van der Waals surface area contributed by atoms with Crippen LogP contribution in [0.15, 0.2) is 18.2 Å². The molecule has 1 rings (SSSR count). The molecule has 0 saturated heterocycles. The van der Waals surface area contributed by atoms with Crippen molar-refractivity contribution in [2.75, 3.05) is 25.5 Å². The van der Waals surface area contributed by atoms with Crippen LogP contribution >= 0.6 is 0 Å². The van der Waals surface area contributed by atoms with E-state index >= 15 is 0 Å². The summed E-state index contributed by atoms with van der Waals surface area (Å²) in [5.41, 5.74) is -0.264. The van der Waals surface area contributed by atoms with Crippen molar-refractivity contribution in [1.29, 1.82) is 0 Å². The number of halogens is 1. The number of anilines is 1. The third-order valence-electron chi connectivity index (χ3n) is 2.95. The van der Waals surface area contributed by atoms with Crippen molar-refractivity contribution in [1.82, 2.24) is 4.90 Å². The van der Waals surface area contributed by atoms with Crippen LogP contribution in [0.3, 0.4) is 0 Å². The summed E-state index contributed by atoms with van der Waals surface area (Å²) < 4.78 is 13.2. The van der Waals surface area contributed by atoms with Gasteiger partial charge in [0.05, 0.1) is 5.56 Å². The molecule has 7 heteroatoms. The molecule has 0 unspecified atom stereocenters. The minimum absolute atomic E-state index is 0.128. The van der Waals surface area contributed by atoms with Gasteiger partial charge in [-0.15, -0.1) is 0 Å². The zero-order chi connectivity index (χ0) is 15.8. The topological polar surface area (TPSA) is 89.9 Å². The number of aromatic carboxylic acids is 1. The van der Waals surface area contributed by atoms with Crippen LogP contribution in [0.2, 0.25) is 0 Å². The highest BCUT2D eigenvalue weighted by Crippen LogP contribution is 2.15. The first kappa shape index (κ1) is 16.9. The smallest absolute Gasteiger partial charge is 0.338 e. The van der Waals surface area contributed by atoms with Gasteiger partial charge >= 0.3 is 12.0 Å². The molecule has 0 aliphatic heterocycles. The molecule has 0 aromatic heterocycles. The zero-order valence-electron chi connectivity index (χ0n) is 11.8. The van der Waals surface area contributed by atoms with Crippen molar-refractivity contribution in [3.8, 4) is 0 Å². The van der Waals surface area contributed by atoms with Crippen molar-refractivity contribution in [2.45, 2.75) is 19.3 Å². The zero-order valence-corrected chi connectivity index (χ0v) is 11.8. The molecule has 0 spiro atoms. The van der Waals surface area contributed by atoms with Crippen LogP contribution in [-0.4, -0.2) is 47.3 Å². The number of aliphatic hydroxyl groups excluding tert-OH is 1. The summed E-state index contributed by atoms with van der Waals surface area (Å²) in [6.07, 6.45) is 2.26. The summed E-state index contributed by atoms with van der Waals surface area (Å²) in [5, 5.41) is 20.0. The quantitative estimate of drug-likeness (QED) is 0.673. The van der Waals surface area contributed by atoms with E-state index in [0.717, 1.165) is 25.0 Å². The van der Waals surface area contributed by atoms with Gasteiger partial charge in [-0.2, -0.15) is 0 Å². The van der Waals surface area contributed by atoms with Gasteiger partial charge in [-0.05, 0) is 37.5 Å². The number of carboxylic acid groups (broad SMARTS) is 1. The fourth-order valence-corrected chi connectivity index (χ4v) is 1.72. The highest BCUT2D eigenvalue weighted by Gasteiger charge is 2.13. The van der Waals surface area contributed by atoms with E-state index in [-0.39, 0.29) is 12.3 Å². The van der Waals surface area contributed by atoms with E-state index in [9.17, 15) is 14.0 Å². The number of amides is 2. The monoisotopic (exact) mass is 298 g/mol. The lowest BCUT2D eigenvalue weighted by Gasteiger charge is -2.18. The van der Waals surface area contributed by atoms with Crippen LogP contribution in [-0.2, 0) is 0 Å². The Morgan fingerprint density at radius 2 is 2.00 bits per heavy atom. The van der Waals surface area contributed by atoms with Gasteiger partial charge in [0, 0.05) is 25.9 Å². The molecule has 0 radical (unpaired) electrons. The van der Waals surface area contributed by atoms with Gasteiger partial charge in [0.15, 0.2) is 0 Å². The molecule has 0 aliphatic rings. The number of carboxylic acids is 1. The summed E-state index contributed by atoms with van der Waals surface area (Å²) in [7, 11) is 1.61. The Bertz CT molecular complexity index is 508. The molecule has 21 heavy (non-hydrogen) atoms. The van der Waals surface area contributed by atoms with E-state index in [1.54, 1.807) is 7.05 Å². The summed E-state index contributed by atoms with van der Waals surface area (Å²) in [6.45, 7) is 0.641. The van der Waals surface area contributed by atoms with Gasteiger partial charge in [-0.3, -0.25) is 0 Å². The van der Waals surface area contributed by atoms with Gasteiger partial charge in [-0.1, -0.05) is 0 Å². The number of urea groups is 1. The van der Waals surface area contributed by atoms with Gasteiger partial charge in [0.2, 0.25) is 0 Å². The molecule has 0 heterocycles. The standard InChI is InChI=1S/C14H19FN2O4/c1-17(7-3-2-4-8-18)14(21)16-10-5-6-12(15)11(9-10)13(19)20/h5-6,9,18H,2-4,7-8H2,1H3,(H,16,21)(H,19,20). The number of hydrogen-bond acceptors (Lipinski definition) is 3. The Kier molecular flexibility index (Phi) is 6.61. The van der Waals surface area contributed by atoms with E-state index in [1.165, 1.54) is 11.0 Å². The lowest BCUT2D eigenvalue weighted by molar-refractivity contribution is 0.0692. The van der Waals surface area contributed by atoms with Crippen molar-refractivity contribution >= 4 is 17.7 Å². The number of rotatable bonds is 7. The fourth-order valence-electron chi connectivity index (χ4n) is 1.72. The number of benzene rings is 1. The van der Waals surface area contributed by atoms with E-state index in [4.69, 9.17) is 10.2 Å². The van der Waals surface area contributed by atoms with Crippen LogP contribution in [0.4, 0.5) is 14.9 Å². The number of nitrogens with one attached hydrogen (secondary N) is 1. The SMILES string of the molecule is CN(CCCCCO)C(=O)Nc1ccc(F)c(C(=O)O)c1. The third-order valence-corrected chi connectivity index (χ3v) is 2.95. The first-order valence-corrected chi connectivity index (χ1v) is 6.61. The van der Waals surface area contributed by atoms with Crippen LogP contribution < -0.4 is 5.32 Å². The van der Waals surface area contributed by atoms with E-state index in [2.05, 4.69) is 5.32 Å². The normalized spacial score (nSPS) is 10.2. The Hall–Kier alpha value is -2.15. The molecular weight excluding hydrogens is 279 g/mol. The molecule has 1 aromatic carbocycles. The molecule has 0 bridgehead atoms. The number of nitrogens with zero attached hydrogens (tertiary/aromatic N) is 1. The van der Waals surface area contributed by atoms with Crippen molar-refractivity contribution < 1.29 is 24.2 Å². The predicted molar refractivity (Wildman–Crippen MR) is 75.9 cm³/mol. The third kappa shape index (κ3) is 5.39. The molecule has 1 aromatic rings. The molecule has 0 fully saturated rings. The Balaban J connectivity index is 2.58. The molecule has 0 atom stereocenters. The summed E-state index contributed by atoms with van der Waals surface area (Å²) >= 11 is 0. The second-order valence-electron chi connectivity index (χ2n) is 4.64. The predicted octanol–water partition coefficient (Wildman–Crippen LogP) is 2.15. The molecular formula is C14H19FN2O4. The van der Waals surface area contributed by atoms with Crippen molar-refractivity contribution in [3.05, 3.63) is 29.6 Å². The van der Waals surface area contributed by atoms with Crippen LogP contribution in [0.5, 0.6) is 0 Å². The molecule has 3 N–H and O–H groups in total. The van der Waals surface area contributed by atoms with Gasteiger partial charge < -0.3 is 20.4 Å². The van der Waals surface area contributed by atoms with Crippen LogP contribution in [0.25, 0.3) is 0 Å². The molecule has 6 nitrogen and oxygen atoms in total. The minimum atomic E-state index is -1.39. The van der Waals surface area contributed by atoms with Gasteiger partial charge in [0.1, 0.15) is 5.82 Å². The maximum atomic E-state index is 13.2. The Labute approximate surface area is 122 Å². The Morgan fingerprint density at radius 1 is 1.29 bits per heavy atom. The second-order valence-corrected chi connectivity index (χ2v) is 4.64. The maximum Gasteiger partial charge on any atom is 0.338 e. The average Bonchev–Trinajstić information content (AvgIpc) is 2.45. The number of carbonyl (C=O) groups is 2. The number of unbranched alkanes of at least 4 members (excludes halogenated alkanes) is 2. The minimum Gasteiger partial charge on any atom is -0.478 e. The van der Waals surface area contributed by atoms with Crippen LogP contribution in [0.1, 0.15) is 29.6 Å². The van der Waals surface area contributed by atoms with Gasteiger partial charge in [0.25, 0.3) is 0 Å².